The first-order chi connectivity index (χ1) is 11.9. The van der Waals surface area contributed by atoms with E-state index in [0.29, 0.717) is 12.8 Å². The molecule has 2 rings (SSSR count). The maximum absolute atomic E-state index is 12.4. The van der Waals surface area contributed by atoms with Gasteiger partial charge < -0.3 is 5.32 Å². The number of nitrogens with zero attached hydrogens (tertiary/aromatic N) is 2. The maximum Gasteiger partial charge on any atom is 0.220 e. The van der Waals surface area contributed by atoms with Gasteiger partial charge in [-0.3, -0.25) is 4.79 Å². The summed E-state index contributed by atoms with van der Waals surface area (Å²) in [5.41, 5.74) is 4.12. The van der Waals surface area contributed by atoms with Gasteiger partial charge in [-0.25, -0.2) is 9.97 Å². The van der Waals surface area contributed by atoms with Crippen LogP contribution in [-0.2, 0) is 11.2 Å². The van der Waals surface area contributed by atoms with Gasteiger partial charge in [0.1, 0.15) is 0 Å². The molecule has 134 valence electrons. The van der Waals surface area contributed by atoms with Crippen molar-refractivity contribution in [3.8, 4) is 0 Å². The molecule has 0 bridgehead atoms. The van der Waals surface area contributed by atoms with Crippen LogP contribution in [0, 0.1) is 13.8 Å². The van der Waals surface area contributed by atoms with E-state index in [1.54, 1.807) is 0 Å². The first kappa shape index (κ1) is 19.9. The molecule has 1 aromatic heterocycles. The highest BCUT2D eigenvalue weighted by molar-refractivity contribution is 9.10. The molecule has 0 fully saturated rings. The molecule has 0 aliphatic heterocycles. The molecule has 0 unspecified atom stereocenters. The Hall–Kier alpha value is -1.40. The van der Waals surface area contributed by atoms with Gasteiger partial charge >= 0.3 is 0 Å². The summed E-state index contributed by atoms with van der Waals surface area (Å²) in [6.45, 7) is 6.05. The lowest BCUT2D eigenvalue weighted by atomic mass is 10.0. The molecule has 0 saturated carbocycles. The molecule has 0 aliphatic carbocycles. The second-order valence-corrected chi connectivity index (χ2v) is 7.63. The van der Waals surface area contributed by atoms with Crippen molar-refractivity contribution in [2.45, 2.75) is 51.2 Å². The normalized spacial score (nSPS) is 12.0. The van der Waals surface area contributed by atoms with E-state index >= 15 is 0 Å². The number of thioether (sulfide) groups is 1. The molecule has 1 heterocycles. The number of benzene rings is 1. The molecule has 1 amide bonds. The fourth-order valence-corrected chi connectivity index (χ4v) is 3.50. The Morgan fingerprint density at radius 1 is 1.20 bits per heavy atom. The molecular formula is C19H24BrN3OS. The highest BCUT2D eigenvalue weighted by atomic mass is 79.9. The largest absolute Gasteiger partial charge is 0.349 e. The standard InChI is InChI=1S/C19H24BrN3OS/c1-5-17(14-6-8-15(20)9-7-14)23-18(24)11-10-16-12(2)21-19(25-4)22-13(16)3/h6-9,17H,5,10-11H2,1-4H3,(H,23,24)/t17-/m0/s1. The lowest BCUT2D eigenvalue weighted by Gasteiger charge is -2.18. The monoisotopic (exact) mass is 421 g/mol. The molecule has 0 aliphatic rings. The SMILES string of the molecule is CC[C@H](NC(=O)CCc1c(C)nc(SC)nc1C)c1ccc(Br)cc1. The minimum absolute atomic E-state index is 0.0397. The van der Waals surface area contributed by atoms with Gasteiger partial charge in [0.15, 0.2) is 5.16 Å². The molecule has 1 N–H and O–H groups in total. The van der Waals surface area contributed by atoms with E-state index in [2.05, 4.69) is 38.1 Å². The number of aromatic nitrogens is 2. The van der Waals surface area contributed by atoms with Gasteiger partial charge in [-0.05, 0) is 56.2 Å². The van der Waals surface area contributed by atoms with Gasteiger partial charge in [0.05, 0.1) is 6.04 Å². The fraction of sp³-hybridized carbons (Fsp3) is 0.421. The zero-order valence-electron chi connectivity index (χ0n) is 15.1. The zero-order chi connectivity index (χ0) is 18.4. The molecule has 1 atom stereocenters. The van der Waals surface area contributed by atoms with Crippen molar-refractivity contribution < 1.29 is 4.79 Å². The van der Waals surface area contributed by atoms with Gasteiger partial charge in [0, 0.05) is 22.3 Å². The van der Waals surface area contributed by atoms with E-state index in [0.717, 1.165) is 38.6 Å². The first-order valence-electron chi connectivity index (χ1n) is 8.37. The summed E-state index contributed by atoms with van der Waals surface area (Å²) < 4.78 is 1.04. The quantitative estimate of drug-likeness (QED) is 0.516. The predicted molar refractivity (Wildman–Crippen MR) is 107 cm³/mol. The summed E-state index contributed by atoms with van der Waals surface area (Å²) in [5, 5.41) is 3.92. The third-order valence-corrected chi connectivity index (χ3v) is 5.28. The molecule has 25 heavy (non-hydrogen) atoms. The van der Waals surface area contributed by atoms with E-state index in [-0.39, 0.29) is 11.9 Å². The van der Waals surface area contributed by atoms with E-state index in [1.165, 1.54) is 11.8 Å². The molecule has 0 spiro atoms. The molecule has 6 heteroatoms. The fourth-order valence-electron chi connectivity index (χ4n) is 2.78. The summed E-state index contributed by atoms with van der Waals surface area (Å²) in [4.78, 5) is 21.4. The average Bonchev–Trinajstić information content (AvgIpc) is 2.59. The lowest BCUT2D eigenvalue weighted by molar-refractivity contribution is -0.121. The van der Waals surface area contributed by atoms with Crippen molar-refractivity contribution in [2.24, 2.45) is 0 Å². The first-order valence-corrected chi connectivity index (χ1v) is 10.4. The maximum atomic E-state index is 12.4. The number of nitrogens with one attached hydrogen (secondary N) is 1. The van der Waals surface area contributed by atoms with Crippen LogP contribution in [0.2, 0.25) is 0 Å². The Bertz CT molecular complexity index is 711. The Morgan fingerprint density at radius 3 is 2.32 bits per heavy atom. The highest BCUT2D eigenvalue weighted by Gasteiger charge is 2.14. The Morgan fingerprint density at radius 2 is 1.80 bits per heavy atom. The van der Waals surface area contributed by atoms with E-state index < -0.39 is 0 Å². The summed E-state index contributed by atoms with van der Waals surface area (Å²) >= 11 is 4.98. The number of rotatable bonds is 7. The van der Waals surface area contributed by atoms with Crippen LogP contribution in [0.3, 0.4) is 0 Å². The highest BCUT2D eigenvalue weighted by Crippen LogP contribution is 2.20. The van der Waals surface area contributed by atoms with Crippen molar-refractivity contribution in [3.05, 3.63) is 51.3 Å². The summed E-state index contributed by atoms with van der Waals surface area (Å²) in [6, 6.07) is 8.13. The number of hydrogen-bond donors (Lipinski definition) is 1. The number of halogens is 1. The molecule has 4 nitrogen and oxygen atoms in total. The van der Waals surface area contributed by atoms with Crippen LogP contribution in [0.1, 0.15) is 48.3 Å². The van der Waals surface area contributed by atoms with E-state index in [1.807, 2.05) is 44.4 Å². The number of aryl methyl sites for hydroxylation is 2. The van der Waals surface area contributed by atoms with Gasteiger partial charge in [-0.2, -0.15) is 0 Å². The Balaban J connectivity index is 1.99. The Kier molecular flexibility index (Phi) is 7.44. The number of hydrogen-bond acceptors (Lipinski definition) is 4. The van der Waals surface area contributed by atoms with Crippen molar-refractivity contribution in [3.63, 3.8) is 0 Å². The average molecular weight is 422 g/mol. The van der Waals surface area contributed by atoms with Crippen molar-refractivity contribution in [1.82, 2.24) is 15.3 Å². The minimum atomic E-state index is 0.0397. The topological polar surface area (TPSA) is 54.9 Å². The molecular weight excluding hydrogens is 398 g/mol. The second kappa shape index (κ2) is 9.34. The minimum Gasteiger partial charge on any atom is -0.349 e. The molecule has 0 saturated heterocycles. The van der Waals surface area contributed by atoms with Crippen LogP contribution in [0.4, 0.5) is 0 Å². The van der Waals surface area contributed by atoms with E-state index in [9.17, 15) is 4.79 Å². The van der Waals surface area contributed by atoms with Crippen LogP contribution in [0.15, 0.2) is 33.9 Å². The van der Waals surface area contributed by atoms with Crippen LogP contribution in [-0.4, -0.2) is 22.1 Å². The summed E-state index contributed by atoms with van der Waals surface area (Å²) in [6.07, 6.45) is 3.93. The third kappa shape index (κ3) is 5.54. The number of amides is 1. The molecule has 0 radical (unpaired) electrons. The summed E-state index contributed by atoms with van der Waals surface area (Å²) in [5.74, 6) is 0.0579. The van der Waals surface area contributed by atoms with E-state index in [4.69, 9.17) is 0 Å². The molecule has 1 aromatic carbocycles. The van der Waals surface area contributed by atoms with Gasteiger partial charge in [0.2, 0.25) is 5.91 Å². The Labute approximate surface area is 162 Å². The van der Waals surface area contributed by atoms with Crippen LogP contribution in [0.5, 0.6) is 0 Å². The van der Waals surface area contributed by atoms with Crippen LogP contribution >= 0.6 is 27.7 Å². The van der Waals surface area contributed by atoms with Crippen molar-refractivity contribution in [2.75, 3.05) is 6.26 Å². The van der Waals surface area contributed by atoms with Crippen molar-refractivity contribution in [1.29, 1.82) is 0 Å². The zero-order valence-corrected chi connectivity index (χ0v) is 17.5. The second-order valence-electron chi connectivity index (χ2n) is 5.94. The van der Waals surface area contributed by atoms with Crippen molar-refractivity contribution >= 4 is 33.6 Å². The van der Waals surface area contributed by atoms with Crippen LogP contribution < -0.4 is 5.32 Å². The van der Waals surface area contributed by atoms with Gasteiger partial charge in [0.25, 0.3) is 0 Å². The number of carbonyl (C=O) groups is 1. The van der Waals surface area contributed by atoms with Gasteiger partial charge in [-0.1, -0.05) is 46.7 Å². The number of carbonyl (C=O) groups excluding carboxylic acids is 1. The van der Waals surface area contributed by atoms with Crippen LogP contribution in [0.25, 0.3) is 0 Å². The summed E-state index contributed by atoms with van der Waals surface area (Å²) in [7, 11) is 0. The van der Waals surface area contributed by atoms with Gasteiger partial charge in [-0.15, -0.1) is 0 Å². The lowest BCUT2D eigenvalue weighted by Crippen LogP contribution is -2.28. The third-order valence-electron chi connectivity index (χ3n) is 4.20. The smallest absolute Gasteiger partial charge is 0.220 e. The predicted octanol–water partition coefficient (Wildman–Crippen LogP) is 4.78. The molecule has 2 aromatic rings.